The Bertz CT molecular complexity index is 834. The van der Waals surface area contributed by atoms with Gasteiger partial charge in [0, 0.05) is 18.7 Å². The van der Waals surface area contributed by atoms with Crippen LogP contribution in [-0.2, 0) is 12.7 Å². The molecule has 2 aromatic rings. The zero-order valence-electron chi connectivity index (χ0n) is 15.2. The van der Waals surface area contributed by atoms with Crippen molar-refractivity contribution in [3.8, 4) is 17.2 Å². The van der Waals surface area contributed by atoms with E-state index in [1.807, 2.05) is 0 Å². The zero-order chi connectivity index (χ0) is 20.9. The first-order chi connectivity index (χ1) is 13.2. The molecule has 6 nitrogen and oxygen atoms in total. The summed E-state index contributed by atoms with van der Waals surface area (Å²) in [6.07, 6.45) is -4.58. The van der Waals surface area contributed by atoms with Crippen LogP contribution in [0.15, 0.2) is 30.3 Å². The van der Waals surface area contributed by atoms with Crippen molar-refractivity contribution < 1.29 is 32.2 Å². The molecule has 0 radical (unpaired) electrons. The van der Waals surface area contributed by atoms with Crippen LogP contribution in [0.2, 0.25) is 5.02 Å². The Balaban J connectivity index is 2.09. The van der Waals surface area contributed by atoms with Crippen LogP contribution in [0.4, 0.5) is 23.7 Å². The van der Waals surface area contributed by atoms with Crippen molar-refractivity contribution in [2.75, 3.05) is 26.6 Å². The van der Waals surface area contributed by atoms with E-state index >= 15 is 0 Å². The van der Waals surface area contributed by atoms with Gasteiger partial charge in [-0.1, -0.05) is 17.7 Å². The van der Waals surface area contributed by atoms with Crippen LogP contribution in [-0.4, -0.2) is 27.4 Å². The van der Waals surface area contributed by atoms with E-state index in [0.29, 0.717) is 22.9 Å². The molecule has 0 atom stereocenters. The number of benzene rings is 2. The molecule has 0 unspecified atom stereocenters. The Morgan fingerprint density at radius 2 is 1.64 bits per heavy atom. The highest BCUT2D eigenvalue weighted by atomic mass is 35.5. The number of alkyl halides is 3. The fourth-order valence-electron chi connectivity index (χ4n) is 2.41. The number of anilines is 1. The molecule has 0 bridgehead atoms. The van der Waals surface area contributed by atoms with E-state index in [-0.39, 0.29) is 12.1 Å². The van der Waals surface area contributed by atoms with Crippen LogP contribution < -0.4 is 24.8 Å². The maximum atomic E-state index is 12.9. The van der Waals surface area contributed by atoms with Crippen LogP contribution >= 0.6 is 11.6 Å². The number of carbonyl (C=O) groups is 1. The second kappa shape index (κ2) is 8.92. The summed E-state index contributed by atoms with van der Waals surface area (Å²) in [7, 11) is 4.31. The Kier molecular flexibility index (Phi) is 6.85. The molecule has 28 heavy (non-hydrogen) atoms. The summed E-state index contributed by atoms with van der Waals surface area (Å²) in [6, 6.07) is 5.84. The Hall–Kier alpha value is -2.81. The minimum atomic E-state index is -4.58. The van der Waals surface area contributed by atoms with Crippen molar-refractivity contribution >= 4 is 23.3 Å². The first-order valence-corrected chi connectivity index (χ1v) is 8.27. The lowest BCUT2D eigenvalue weighted by Gasteiger charge is -2.15. The van der Waals surface area contributed by atoms with Crippen molar-refractivity contribution in [1.82, 2.24) is 5.32 Å². The molecule has 0 fully saturated rings. The normalized spacial score (nSPS) is 11.0. The van der Waals surface area contributed by atoms with E-state index in [1.54, 1.807) is 0 Å². The van der Waals surface area contributed by atoms with Gasteiger partial charge in [-0.2, -0.15) is 13.2 Å². The minimum Gasteiger partial charge on any atom is -0.493 e. The highest BCUT2D eigenvalue weighted by Crippen LogP contribution is 2.40. The molecule has 0 aliphatic rings. The second-order valence-corrected chi connectivity index (χ2v) is 5.94. The Labute approximate surface area is 164 Å². The summed E-state index contributed by atoms with van der Waals surface area (Å²) in [6.45, 7) is -0.128. The molecule has 2 amide bonds. The van der Waals surface area contributed by atoms with Crippen LogP contribution in [0.5, 0.6) is 17.2 Å². The third-order valence-electron chi connectivity index (χ3n) is 3.71. The maximum Gasteiger partial charge on any atom is 0.417 e. The maximum absolute atomic E-state index is 12.9. The van der Waals surface area contributed by atoms with Gasteiger partial charge in [0.05, 0.1) is 37.6 Å². The van der Waals surface area contributed by atoms with Gasteiger partial charge in [0.2, 0.25) is 5.75 Å². The first kappa shape index (κ1) is 21.5. The molecule has 0 aromatic heterocycles. The van der Waals surface area contributed by atoms with Crippen molar-refractivity contribution in [3.05, 3.63) is 46.5 Å². The average Bonchev–Trinajstić information content (AvgIpc) is 2.65. The highest BCUT2D eigenvalue weighted by Gasteiger charge is 2.33. The lowest BCUT2D eigenvalue weighted by Crippen LogP contribution is -2.28. The molecule has 0 saturated carbocycles. The third kappa shape index (κ3) is 5.13. The van der Waals surface area contributed by atoms with Crippen LogP contribution in [0.25, 0.3) is 0 Å². The quantitative estimate of drug-likeness (QED) is 0.713. The van der Waals surface area contributed by atoms with Gasteiger partial charge in [-0.15, -0.1) is 0 Å². The number of methoxy groups -OCH3 is 3. The Morgan fingerprint density at radius 1 is 1.04 bits per heavy atom. The standard InChI is InChI=1S/C18H18ClF3N2O4/c1-26-14-7-11(8-15(27-2)16(14)28-3)24-17(25)23-9-10-4-5-13(19)12(6-10)18(20,21)22/h4-8H,9H2,1-3H3,(H2,23,24,25). The van der Waals surface area contributed by atoms with Crippen molar-refractivity contribution in [3.63, 3.8) is 0 Å². The zero-order valence-corrected chi connectivity index (χ0v) is 16.0. The van der Waals surface area contributed by atoms with Gasteiger partial charge in [-0.05, 0) is 17.7 Å². The average molecular weight is 419 g/mol. The molecule has 0 heterocycles. The lowest BCUT2D eigenvalue weighted by atomic mass is 10.1. The topological polar surface area (TPSA) is 68.8 Å². The molecule has 152 valence electrons. The van der Waals surface area contributed by atoms with Gasteiger partial charge in [0.1, 0.15) is 0 Å². The number of rotatable bonds is 6. The Morgan fingerprint density at radius 3 is 2.14 bits per heavy atom. The van der Waals surface area contributed by atoms with E-state index in [2.05, 4.69) is 10.6 Å². The summed E-state index contributed by atoms with van der Waals surface area (Å²) >= 11 is 5.58. The summed E-state index contributed by atoms with van der Waals surface area (Å²) in [5.74, 6) is 1.03. The molecule has 0 saturated heterocycles. The number of amides is 2. The van der Waals surface area contributed by atoms with E-state index < -0.39 is 22.8 Å². The van der Waals surface area contributed by atoms with E-state index in [9.17, 15) is 18.0 Å². The van der Waals surface area contributed by atoms with Crippen LogP contribution in [0.3, 0.4) is 0 Å². The van der Waals surface area contributed by atoms with Gasteiger partial charge < -0.3 is 24.8 Å². The SMILES string of the molecule is COc1cc(NC(=O)NCc2ccc(Cl)c(C(F)(F)F)c2)cc(OC)c1OC. The molecular weight excluding hydrogens is 401 g/mol. The molecule has 0 aliphatic heterocycles. The fourth-order valence-corrected chi connectivity index (χ4v) is 2.64. The number of hydrogen-bond donors (Lipinski definition) is 2. The highest BCUT2D eigenvalue weighted by molar-refractivity contribution is 6.31. The van der Waals surface area contributed by atoms with E-state index in [0.717, 1.165) is 12.1 Å². The van der Waals surface area contributed by atoms with E-state index in [4.69, 9.17) is 25.8 Å². The smallest absolute Gasteiger partial charge is 0.417 e. The summed E-state index contributed by atoms with van der Waals surface area (Å²) in [4.78, 5) is 12.1. The van der Waals surface area contributed by atoms with Crippen LogP contribution in [0, 0.1) is 0 Å². The van der Waals surface area contributed by atoms with Crippen molar-refractivity contribution in [2.45, 2.75) is 12.7 Å². The van der Waals surface area contributed by atoms with Gasteiger partial charge in [0.15, 0.2) is 11.5 Å². The number of nitrogens with one attached hydrogen (secondary N) is 2. The number of hydrogen-bond acceptors (Lipinski definition) is 4. The largest absolute Gasteiger partial charge is 0.493 e. The van der Waals surface area contributed by atoms with Gasteiger partial charge in [0.25, 0.3) is 0 Å². The number of ether oxygens (including phenoxy) is 3. The molecular formula is C18H18ClF3N2O4. The monoisotopic (exact) mass is 418 g/mol. The fraction of sp³-hybridized carbons (Fsp3) is 0.278. The molecule has 2 rings (SSSR count). The minimum absolute atomic E-state index is 0.128. The first-order valence-electron chi connectivity index (χ1n) is 7.90. The predicted octanol–water partition coefficient (Wildman–Crippen LogP) is 4.71. The summed E-state index contributed by atoms with van der Waals surface area (Å²) in [5, 5.41) is 4.63. The third-order valence-corrected chi connectivity index (χ3v) is 4.04. The molecule has 0 aliphatic carbocycles. The molecule has 2 N–H and O–H groups in total. The van der Waals surface area contributed by atoms with E-state index in [1.165, 1.54) is 39.5 Å². The van der Waals surface area contributed by atoms with Crippen molar-refractivity contribution in [2.24, 2.45) is 0 Å². The number of urea groups is 1. The van der Waals surface area contributed by atoms with Crippen LogP contribution in [0.1, 0.15) is 11.1 Å². The predicted molar refractivity (Wildman–Crippen MR) is 98.4 cm³/mol. The lowest BCUT2D eigenvalue weighted by molar-refractivity contribution is -0.137. The summed E-state index contributed by atoms with van der Waals surface area (Å²) < 4.78 is 54.3. The molecule has 2 aromatic carbocycles. The van der Waals surface area contributed by atoms with Gasteiger partial charge in [-0.25, -0.2) is 4.79 Å². The molecule has 0 spiro atoms. The summed E-state index contributed by atoms with van der Waals surface area (Å²) in [5.41, 5.74) is -0.366. The second-order valence-electron chi connectivity index (χ2n) is 5.53. The van der Waals surface area contributed by atoms with Gasteiger partial charge >= 0.3 is 12.2 Å². The van der Waals surface area contributed by atoms with Gasteiger partial charge in [-0.3, -0.25) is 0 Å². The van der Waals surface area contributed by atoms with Crippen molar-refractivity contribution in [1.29, 1.82) is 0 Å². The number of carbonyl (C=O) groups excluding carboxylic acids is 1. The molecule has 10 heteroatoms. The number of halogens is 4.